The monoisotopic (exact) mass is 321 g/mol. The first-order valence-electron chi connectivity index (χ1n) is 6.80. The third kappa shape index (κ3) is 5.03. The summed E-state index contributed by atoms with van der Waals surface area (Å²) in [6.45, 7) is 2.02. The molecule has 6 N–H and O–H groups in total. The summed E-state index contributed by atoms with van der Waals surface area (Å²) in [4.78, 5) is 19.5. The Labute approximate surface area is 132 Å². The van der Waals surface area contributed by atoms with Crippen LogP contribution in [-0.2, 0) is 9.59 Å². The van der Waals surface area contributed by atoms with Crippen LogP contribution in [0.25, 0.3) is 10.8 Å². The van der Waals surface area contributed by atoms with E-state index >= 15 is 0 Å². The summed E-state index contributed by atoms with van der Waals surface area (Å²) in [5.74, 6) is -3.54. The molecule has 23 heavy (non-hydrogen) atoms. The Balaban J connectivity index is 0.000000241. The highest BCUT2D eigenvalue weighted by atomic mass is 16.4. The second-order valence-corrected chi connectivity index (χ2v) is 4.92. The molecule has 2 rings (SSSR count). The maximum Gasteiger partial charge on any atom is 0.335 e. The van der Waals surface area contributed by atoms with E-state index in [1.807, 2.05) is 19.1 Å². The molecule has 0 aliphatic heterocycles. The van der Waals surface area contributed by atoms with Gasteiger partial charge in [0.1, 0.15) is 0 Å². The molecule has 0 unspecified atom stereocenters. The Bertz CT molecular complexity index is 662. The van der Waals surface area contributed by atoms with E-state index in [9.17, 15) is 9.59 Å². The van der Waals surface area contributed by atoms with Gasteiger partial charge in [0.05, 0.1) is 0 Å². The van der Waals surface area contributed by atoms with Gasteiger partial charge in [-0.3, -0.25) is 0 Å². The van der Waals surface area contributed by atoms with Crippen LogP contribution in [0.1, 0.15) is 18.5 Å². The van der Waals surface area contributed by atoms with Gasteiger partial charge in [-0.1, -0.05) is 42.5 Å². The average molecular weight is 321 g/mol. The third-order valence-electron chi connectivity index (χ3n) is 3.12. The summed E-state index contributed by atoms with van der Waals surface area (Å²) in [5.41, 5.74) is 7.10. The summed E-state index contributed by atoms with van der Waals surface area (Å²) >= 11 is 0. The van der Waals surface area contributed by atoms with E-state index < -0.39 is 24.1 Å². The average Bonchev–Trinajstić information content (AvgIpc) is 2.53. The number of carbonyl (C=O) groups is 2. The van der Waals surface area contributed by atoms with Gasteiger partial charge < -0.3 is 26.2 Å². The van der Waals surface area contributed by atoms with Crippen molar-refractivity contribution in [2.45, 2.75) is 25.2 Å². The maximum absolute atomic E-state index is 9.77. The van der Waals surface area contributed by atoms with Crippen molar-refractivity contribution in [3.05, 3.63) is 48.0 Å². The van der Waals surface area contributed by atoms with Gasteiger partial charge in [-0.2, -0.15) is 0 Å². The van der Waals surface area contributed by atoms with Crippen LogP contribution in [-0.4, -0.2) is 44.6 Å². The van der Waals surface area contributed by atoms with Gasteiger partial charge in [-0.25, -0.2) is 9.59 Å². The van der Waals surface area contributed by atoms with Crippen molar-refractivity contribution in [1.82, 2.24) is 0 Å². The number of rotatable bonds is 4. The predicted octanol–water partition coefficient (Wildman–Crippen LogP) is 0.737. The lowest BCUT2D eigenvalue weighted by atomic mass is 10.0. The van der Waals surface area contributed by atoms with Crippen LogP contribution in [0, 0.1) is 0 Å². The molecule has 0 heterocycles. The molecule has 0 spiro atoms. The molecule has 0 radical (unpaired) electrons. The van der Waals surface area contributed by atoms with Crippen LogP contribution in [0.4, 0.5) is 0 Å². The summed E-state index contributed by atoms with van der Waals surface area (Å²) in [6.07, 6.45) is -4.53. The normalized spacial score (nSPS) is 14.3. The second kappa shape index (κ2) is 8.23. The number of carboxylic acid groups (broad SMARTS) is 2. The minimum Gasteiger partial charge on any atom is -0.479 e. The van der Waals surface area contributed by atoms with Crippen LogP contribution in [0.3, 0.4) is 0 Å². The quantitative estimate of drug-likeness (QED) is 0.559. The highest BCUT2D eigenvalue weighted by Gasteiger charge is 2.29. The number of aliphatic hydroxyl groups excluding tert-OH is 2. The first-order valence-corrected chi connectivity index (χ1v) is 6.80. The molecule has 2 aromatic rings. The van der Waals surface area contributed by atoms with Crippen molar-refractivity contribution in [3.8, 4) is 0 Å². The number of hydrogen-bond acceptors (Lipinski definition) is 5. The van der Waals surface area contributed by atoms with Gasteiger partial charge in [0, 0.05) is 6.04 Å². The van der Waals surface area contributed by atoms with Gasteiger partial charge in [-0.05, 0) is 23.3 Å². The van der Waals surface area contributed by atoms with E-state index in [4.69, 9.17) is 26.2 Å². The third-order valence-corrected chi connectivity index (χ3v) is 3.12. The van der Waals surface area contributed by atoms with E-state index in [1.165, 1.54) is 16.3 Å². The van der Waals surface area contributed by atoms with Crippen molar-refractivity contribution >= 4 is 22.7 Å². The lowest BCUT2D eigenvalue weighted by molar-refractivity contribution is -0.165. The smallest absolute Gasteiger partial charge is 0.335 e. The zero-order valence-corrected chi connectivity index (χ0v) is 12.5. The van der Waals surface area contributed by atoms with E-state index in [0.717, 1.165) is 0 Å². The number of fused-ring (bicyclic) bond motifs is 1. The molecule has 0 aliphatic carbocycles. The Hall–Kier alpha value is -2.48. The lowest BCUT2D eigenvalue weighted by Crippen LogP contribution is -2.39. The molecule has 0 amide bonds. The molecular formula is C16H19NO6. The van der Waals surface area contributed by atoms with Crippen molar-refractivity contribution in [3.63, 3.8) is 0 Å². The van der Waals surface area contributed by atoms with E-state index in [1.54, 1.807) is 0 Å². The highest BCUT2D eigenvalue weighted by molar-refractivity contribution is 5.86. The van der Waals surface area contributed by atoms with Crippen LogP contribution in [0.5, 0.6) is 0 Å². The van der Waals surface area contributed by atoms with Crippen molar-refractivity contribution in [2.24, 2.45) is 5.73 Å². The summed E-state index contributed by atoms with van der Waals surface area (Å²) < 4.78 is 0. The first kappa shape index (κ1) is 18.6. The molecule has 3 atom stereocenters. The summed E-state index contributed by atoms with van der Waals surface area (Å²) in [5, 5.41) is 35.1. The lowest BCUT2D eigenvalue weighted by Gasteiger charge is -2.09. The molecule has 0 saturated heterocycles. The Morgan fingerprint density at radius 1 is 0.913 bits per heavy atom. The molecule has 2 aromatic carbocycles. The highest BCUT2D eigenvalue weighted by Crippen LogP contribution is 2.22. The first-order chi connectivity index (χ1) is 10.8. The van der Waals surface area contributed by atoms with Crippen molar-refractivity contribution in [2.75, 3.05) is 0 Å². The van der Waals surface area contributed by atoms with Crippen molar-refractivity contribution in [1.29, 1.82) is 0 Å². The standard InChI is InChI=1S/C12H13N.C4H6O6/c1-9(13)11-8-4-6-10-5-2-3-7-12(10)11;5-1(3(7)8)2(6)4(9)10/h2-9H,13H2,1H3;1-2,5-6H,(H,7,8)(H,9,10)/t9-;1-,2-/m01/s1. The SMILES string of the molecule is C[C@H](N)c1cccc2ccccc12.O=C(O)[C@H](O)[C@@H](O)C(=O)O. The second-order valence-electron chi connectivity index (χ2n) is 4.92. The van der Waals surface area contributed by atoms with Gasteiger partial charge in [0.2, 0.25) is 0 Å². The topological polar surface area (TPSA) is 141 Å². The van der Waals surface area contributed by atoms with Gasteiger partial charge in [0.25, 0.3) is 0 Å². The summed E-state index contributed by atoms with van der Waals surface area (Å²) in [7, 11) is 0. The number of nitrogens with two attached hydrogens (primary N) is 1. The number of carboxylic acids is 2. The molecule has 124 valence electrons. The Kier molecular flexibility index (Phi) is 6.65. The molecule has 0 aromatic heterocycles. The largest absolute Gasteiger partial charge is 0.479 e. The molecular weight excluding hydrogens is 302 g/mol. The molecule has 7 heteroatoms. The fraction of sp³-hybridized carbons (Fsp3) is 0.250. The van der Waals surface area contributed by atoms with Gasteiger partial charge >= 0.3 is 11.9 Å². The zero-order valence-electron chi connectivity index (χ0n) is 12.5. The number of benzene rings is 2. The van der Waals surface area contributed by atoms with Crippen LogP contribution in [0.2, 0.25) is 0 Å². The van der Waals surface area contributed by atoms with Crippen molar-refractivity contribution < 1.29 is 30.0 Å². The van der Waals surface area contributed by atoms with Gasteiger partial charge in [0.15, 0.2) is 12.2 Å². The summed E-state index contributed by atoms with van der Waals surface area (Å²) in [6, 6.07) is 14.7. The van der Waals surface area contributed by atoms with E-state index in [-0.39, 0.29) is 6.04 Å². The number of aliphatic carboxylic acids is 2. The zero-order chi connectivity index (χ0) is 17.6. The van der Waals surface area contributed by atoms with E-state index in [2.05, 4.69) is 30.3 Å². The van der Waals surface area contributed by atoms with Crippen LogP contribution in [0.15, 0.2) is 42.5 Å². The molecule has 0 aliphatic rings. The Morgan fingerprint density at radius 3 is 1.87 bits per heavy atom. The fourth-order valence-corrected chi connectivity index (χ4v) is 1.92. The number of hydrogen-bond donors (Lipinski definition) is 5. The minimum absolute atomic E-state index is 0.103. The van der Waals surface area contributed by atoms with Crippen LogP contribution < -0.4 is 5.73 Å². The minimum atomic E-state index is -2.27. The molecule has 0 fully saturated rings. The number of aliphatic hydroxyl groups is 2. The molecule has 0 saturated carbocycles. The fourth-order valence-electron chi connectivity index (χ4n) is 1.92. The molecule has 7 nitrogen and oxygen atoms in total. The van der Waals surface area contributed by atoms with Crippen LogP contribution >= 0.6 is 0 Å². The van der Waals surface area contributed by atoms with E-state index in [0.29, 0.717) is 0 Å². The van der Waals surface area contributed by atoms with Gasteiger partial charge in [-0.15, -0.1) is 0 Å². The predicted molar refractivity (Wildman–Crippen MR) is 83.8 cm³/mol. The Morgan fingerprint density at radius 2 is 1.39 bits per heavy atom. The molecule has 0 bridgehead atoms. The maximum atomic E-state index is 9.77.